The Balaban J connectivity index is 0.000000211. The van der Waals surface area contributed by atoms with E-state index < -0.39 is 0 Å². The van der Waals surface area contributed by atoms with Gasteiger partial charge in [0, 0.05) is 46.4 Å². The van der Waals surface area contributed by atoms with E-state index in [4.69, 9.17) is 0 Å². The number of amides is 1. The fourth-order valence-electron chi connectivity index (χ4n) is 5.33. The summed E-state index contributed by atoms with van der Waals surface area (Å²) in [7, 11) is 0. The van der Waals surface area contributed by atoms with Gasteiger partial charge in [-0.05, 0) is 74.6 Å². The van der Waals surface area contributed by atoms with Gasteiger partial charge in [-0.3, -0.25) is 4.79 Å². The highest BCUT2D eigenvalue weighted by molar-refractivity contribution is 5.95. The van der Waals surface area contributed by atoms with E-state index in [0.717, 1.165) is 72.4 Å². The molecule has 5 aromatic rings. The molecule has 1 aliphatic rings. The molecule has 1 aliphatic carbocycles. The first-order valence-electron chi connectivity index (χ1n) is 16.0. The molecule has 0 aliphatic heterocycles. The molecule has 0 unspecified atom stereocenters. The zero-order valence-electron chi connectivity index (χ0n) is 26.5. The van der Waals surface area contributed by atoms with E-state index in [0.29, 0.717) is 18.2 Å². The summed E-state index contributed by atoms with van der Waals surface area (Å²) in [6, 6.07) is 26.5. The van der Waals surface area contributed by atoms with Crippen molar-refractivity contribution in [2.45, 2.75) is 78.5 Å². The summed E-state index contributed by atoms with van der Waals surface area (Å²) in [5.74, 6) is 0.0131. The fraction of sp³-hybridized carbons (Fsp3) is 0.324. The number of aliphatic hydroxyl groups is 1. The van der Waals surface area contributed by atoms with Crippen LogP contribution in [0, 0.1) is 6.92 Å². The molecule has 234 valence electrons. The Labute approximate surface area is 266 Å². The molecule has 0 atom stereocenters. The highest BCUT2D eigenvalue weighted by Crippen LogP contribution is 2.23. The lowest BCUT2D eigenvalue weighted by Gasteiger charge is -2.13. The molecule has 0 radical (unpaired) electrons. The fourth-order valence-corrected chi connectivity index (χ4v) is 5.33. The molecular formula is C37H44N6O2. The number of anilines is 1. The molecule has 1 fully saturated rings. The van der Waals surface area contributed by atoms with Gasteiger partial charge in [0.2, 0.25) is 0 Å². The first kappa shape index (κ1) is 31.7. The summed E-state index contributed by atoms with van der Waals surface area (Å²) < 4.78 is 3.95. The average Bonchev–Trinajstić information content (AvgIpc) is 3.66. The Morgan fingerprint density at radius 1 is 0.822 bits per heavy atom. The maximum Gasteiger partial charge on any atom is 0.251 e. The van der Waals surface area contributed by atoms with E-state index in [-0.39, 0.29) is 12.5 Å². The number of carbonyl (C=O) groups is 1. The number of aromatic nitrogens is 4. The molecule has 0 bridgehead atoms. The zero-order chi connectivity index (χ0) is 31.6. The number of hydrogen-bond acceptors (Lipinski definition) is 5. The molecule has 45 heavy (non-hydrogen) atoms. The standard InChI is InChI=1S/C24H28N4O.C13H16N2O/c1-3-7-23-19(16-26-28(23)21-8-5-4-6-9-21)15-25-22-14-18(11-10-17(22)2)24(29)27-20-12-13-20;1-2-6-13-11(10-16)9-14-15(13)12-7-4-3-5-8-12/h4-6,8-11,14,16,20,25H,3,7,12-13,15H2,1-2H3,(H,27,29);3-5,7-9,16H,2,6,10H2,1H3. The summed E-state index contributed by atoms with van der Waals surface area (Å²) >= 11 is 0. The molecular weight excluding hydrogens is 560 g/mol. The molecule has 0 saturated heterocycles. The van der Waals surface area contributed by atoms with Gasteiger partial charge in [-0.15, -0.1) is 0 Å². The predicted molar refractivity (Wildman–Crippen MR) is 180 cm³/mol. The molecule has 8 heteroatoms. The third-order valence-electron chi connectivity index (χ3n) is 7.94. The minimum atomic E-state index is 0.0131. The second-order valence-electron chi connectivity index (χ2n) is 11.5. The smallest absolute Gasteiger partial charge is 0.251 e. The van der Waals surface area contributed by atoms with Crippen LogP contribution in [0.15, 0.2) is 91.3 Å². The largest absolute Gasteiger partial charge is 0.392 e. The molecule has 0 spiro atoms. The monoisotopic (exact) mass is 604 g/mol. The molecule has 2 heterocycles. The lowest BCUT2D eigenvalue weighted by Crippen LogP contribution is -2.25. The normalized spacial score (nSPS) is 12.4. The number of hydrogen-bond donors (Lipinski definition) is 3. The van der Waals surface area contributed by atoms with Crippen molar-refractivity contribution in [3.05, 3.63) is 125 Å². The van der Waals surface area contributed by atoms with Gasteiger partial charge in [0.05, 0.1) is 30.4 Å². The van der Waals surface area contributed by atoms with E-state index in [2.05, 4.69) is 53.7 Å². The van der Waals surface area contributed by atoms with E-state index >= 15 is 0 Å². The van der Waals surface area contributed by atoms with Crippen LogP contribution in [0.5, 0.6) is 0 Å². The van der Waals surface area contributed by atoms with Gasteiger partial charge in [0.25, 0.3) is 5.91 Å². The van der Waals surface area contributed by atoms with Crippen molar-refractivity contribution in [2.24, 2.45) is 0 Å². The number of nitrogens with zero attached hydrogens (tertiary/aromatic N) is 4. The Morgan fingerprint density at radius 2 is 1.38 bits per heavy atom. The Morgan fingerprint density at radius 3 is 1.91 bits per heavy atom. The number of para-hydroxylation sites is 2. The topological polar surface area (TPSA) is 97.0 Å². The molecule has 1 amide bonds. The first-order chi connectivity index (χ1) is 22.0. The van der Waals surface area contributed by atoms with Crippen LogP contribution in [0.4, 0.5) is 5.69 Å². The number of nitrogens with one attached hydrogen (secondary N) is 2. The van der Waals surface area contributed by atoms with E-state index in [1.54, 1.807) is 6.20 Å². The highest BCUT2D eigenvalue weighted by Gasteiger charge is 2.24. The Kier molecular flexibility index (Phi) is 10.8. The maximum absolute atomic E-state index is 12.4. The van der Waals surface area contributed by atoms with Crippen LogP contribution < -0.4 is 10.6 Å². The van der Waals surface area contributed by atoms with Crippen LogP contribution in [0.25, 0.3) is 11.4 Å². The predicted octanol–water partition coefficient (Wildman–Crippen LogP) is 6.95. The van der Waals surface area contributed by atoms with Crippen molar-refractivity contribution < 1.29 is 9.90 Å². The second-order valence-corrected chi connectivity index (χ2v) is 11.5. The van der Waals surface area contributed by atoms with E-state index in [1.165, 1.54) is 11.3 Å². The van der Waals surface area contributed by atoms with Crippen LogP contribution in [-0.4, -0.2) is 36.6 Å². The highest BCUT2D eigenvalue weighted by atomic mass is 16.3. The van der Waals surface area contributed by atoms with Crippen molar-refractivity contribution >= 4 is 11.6 Å². The average molecular weight is 605 g/mol. The van der Waals surface area contributed by atoms with Crippen LogP contribution in [-0.2, 0) is 26.0 Å². The summed E-state index contributed by atoms with van der Waals surface area (Å²) in [4.78, 5) is 12.4. The SMILES string of the molecule is CCCc1c(CNc2cc(C(=O)NC3CC3)ccc2C)cnn1-c1ccccc1.CCCc1c(CO)cnn1-c1ccccc1. The van der Waals surface area contributed by atoms with Gasteiger partial charge in [0.1, 0.15) is 0 Å². The molecule has 1 saturated carbocycles. The summed E-state index contributed by atoms with van der Waals surface area (Å²) in [6.45, 7) is 7.11. The minimum absolute atomic E-state index is 0.0131. The van der Waals surface area contributed by atoms with Crippen molar-refractivity contribution in [1.29, 1.82) is 0 Å². The van der Waals surface area contributed by atoms with Crippen LogP contribution >= 0.6 is 0 Å². The molecule has 3 aromatic carbocycles. The summed E-state index contributed by atoms with van der Waals surface area (Å²) in [6.07, 6.45) is 9.89. The molecule has 2 aromatic heterocycles. The van der Waals surface area contributed by atoms with Crippen molar-refractivity contribution in [3.8, 4) is 11.4 Å². The third-order valence-corrected chi connectivity index (χ3v) is 7.94. The number of aryl methyl sites for hydroxylation is 1. The van der Waals surface area contributed by atoms with E-state index in [9.17, 15) is 9.90 Å². The molecule has 3 N–H and O–H groups in total. The second kappa shape index (κ2) is 15.3. The summed E-state index contributed by atoms with van der Waals surface area (Å²) in [5.41, 5.74) is 9.39. The lowest BCUT2D eigenvalue weighted by atomic mass is 10.1. The number of rotatable bonds is 12. The lowest BCUT2D eigenvalue weighted by molar-refractivity contribution is 0.0951. The van der Waals surface area contributed by atoms with Crippen LogP contribution in [0.2, 0.25) is 0 Å². The zero-order valence-corrected chi connectivity index (χ0v) is 26.5. The van der Waals surface area contributed by atoms with Gasteiger partial charge < -0.3 is 15.7 Å². The number of aliphatic hydroxyl groups excluding tert-OH is 1. The number of benzene rings is 3. The molecule has 6 rings (SSSR count). The third kappa shape index (κ3) is 8.08. The van der Waals surface area contributed by atoms with Crippen molar-refractivity contribution in [3.63, 3.8) is 0 Å². The number of carbonyl (C=O) groups excluding carboxylic acids is 1. The van der Waals surface area contributed by atoms with Gasteiger partial charge in [-0.2, -0.15) is 10.2 Å². The quantitative estimate of drug-likeness (QED) is 0.143. The Hall–Kier alpha value is -4.69. The Bertz CT molecular complexity index is 1670. The minimum Gasteiger partial charge on any atom is -0.392 e. The first-order valence-corrected chi connectivity index (χ1v) is 16.0. The van der Waals surface area contributed by atoms with Gasteiger partial charge in [0.15, 0.2) is 0 Å². The van der Waals surface area contributed by atoms with Gasteiger partial charge in [-0.25, -0.2) is 9.36 Å². The van der Waals surface area contributed by atoms with Crippen LogP contribution in [0.3, 0.4) is 0 Å². The van der Waals surface area contributed by atoms with Gasteiger partial charge >= 0.3 is 0 Å². The van der Waals surface area contributed by atoms with Gasteiger partial charge in [-0.1, -0.05) is 69.2 Å². The maximum atomic E-state index is 12.4. The van der Waals surface area contributed by atoms with Crippen molar-refractivity contribution in [1.82, 2.24) is 24.9 Å². The molecule has 8 nitrogen and oxygen atoms in total. The van der Waals surface area contributed by atoms with Crippen molar-refractivity contribution in [2.75, 3.05) is 5.32 Å². The summed E-state index contributed by atoms with van der Waals surface area (Å²) in [5, 5.41) is 24.8. The van der Waals surface area contributed by atoms with E-state index in [1.807, 2.05) is 82.3 Å². The van der Waals surface area contributed by atoms with Crippen LogP contribution in [0.1, 0.15) is 78.0 Å².